The molecule has 14 heteroatoms. The number of rotatable bonds is 9. The van der Waals surface area contributed by atoms with Crippen molar-refractivity contribution in [1.29, 1.82) is 0 Å². The number of hydrogen-bond acceptors (Lipinski definition) is 12. The van der Waals surface area contributed by atoms with Gasteiger partial charge in [-0.3, -0.25) is 14.4 Å². The Balaban J connectivity index is 1.42. The predicted molar refractivity (Wildman–Crippen MR) is 153 cm³/mol. The van der Waals surface area contributed by atoms with Gasteiger partial charge in [0.1, 0.15) is 35.7 Å². The van der Waals surface area contributed by atoms with Crippen molar-refractivity contribution in [2.24, 2.45) is 0 Å². The molecule has 1 fully saturated rings. The third-order valence-corrected chi connectivity index (χ3v) is 7.02. The van der Waals surface area contributed by atoms with Gasteiger partial charge >= 0.3 is 0 Å². The zero-order chi connectivity index (χ0) is 30.7. The van der Waals surface area contributed by atoms with Gasteiger partial charge in [0.05, 0.1) is 19.1 Å². The van der Waals surface area contributed by atoms with Gasteiger partial charge in [-0.25, -0.2) is 10.5 Å². The number of nitrogens with zero attached hydrogens (tertiary/aromatic N) is 3. The summed E-state index contributed by atoms with van der Waals surface area (Å²) < 4.78 is 12.6. The van der Waals surface area contributed by atoms with Gasteiger partial charge in [0.25, 0.3) is 5.91 Å². The first kappa shape index (κ1) is 30.0. The highest BCUT2D eigenvalue weighted by atomic mass is 16.7. The Kier molecular flexibility index (Phi) is 8.96. The normalized spacial score (nSPS) is 21.9. The van der Waals surface area contributed by atoms with E-state index >= 15 is 0 Å². The van der Waals surface area contributed by atoms with Gasteiger partial charge in [-0.1, -0.05) is 19.1 Å². The Bertz CT molecular complexity index is 1640. The maximum absolute atomic E-state index is 13.2. The number of pyridine rings is 1. The number of anilines is 2. The number of amides is 1. The van der Waals surface area contributed by atoms with Crippen LogP contribution in [-0.2, 0) is 16.0 Å². The summed E-state index contributed by atoms with van der Waals surface area (Å²) in [5.41, 5.74) is 4.08. The van der Waals surface area contributed by atoms with Crippen LogP contribution in [0.4, 0.5) is 11.6 Å². The van der Waals surface area contributed by atoms with Crippen LogP contribution in [-0.4, -0.2) is 85.3 Å². The molecule has 5 rings (SSSR count). The lowest BCUT2D eigenvalue weighted by atomic mass is 9.99. The van der Waals surface area contributed by atoms with E-state index in [-0.39, 0.29) is 28.3 Å². The van der Waals surface area contributed by atoms with E-state index in [0.29, 0.717) is 11.4 Å². The molecule has 1 aliphatic rings. The first-order valence-corrected chi connectivity index (χ1v) is 13.4. The predicted octanol–water partition coefficient (Wildman–Crippen LogP) is 0.557. The zero-order valence-corrected chi connectivity index (χ0v) is 23.2. The Labute approximate surface area is 245 Å². The SMILES string of the molecule is CCc1ccc(-n2cc(C(=O)NOC)c(=O)c3cnc(Nc4ccc(O[C@@H]5O[C@H](CO)[C@@H](O)[C@H](O)[C@@H]5O)cc4)nc32)cc1. The Hall–Kier alpha value is -4.44. The number of carbonyl (C=O) groups excluding carboxylic acids is 1. The number of hydroxylamine groups is 1. The van der Waals surface area contributed by atoms with Crippen LogP contribution >= 0.6 is 0 Å². The molecule has 2 aromatic heterocycles. The zero-order valence-electron chi connectivity index (χ0n) is 23.2. The highest BCUT2D eigenvalue weighted by Crippen LogP contribution is 2.26. The van der Waals surface area contributed by atoms with Crippen molar-refractivity contribution in [2.45, 2.75) is 44.1 Å². The fraction of sp³-hybridized carbons (Fsp3) is 0.310. The van der Waals surface area contributed by atoms with Gasteiger partial charge in [0.2, 0.25) is 17.7 Å². The minimum absolute atomic E-state index is 0.122. The number of fused-ring (bicyclic) bond motifs is 1. The molecular weight excluding hydrogens is 562 g/mol. The summed E-state index contributed by atoms with van der Waals surface area (Å²) >= 11 is 0. The molecule has 1 amide bonds. The summed E-state index contributed by atoms with van der Waals surface area (Å²) in [6, 6.07) is 14.0. The van der Waals surface area contributed by atoms with Crippen molar-refractivity contribution in [3.8, 4) is 11.4 Å². The lowest BCUT2D eigenvalue weighted by Crippen LogP contribution is -2.60. The third-order valence-electron chi connectivity index (χ3n) is 7.02. The molecule has 5 atom stereocenters. The van der Waals surface area contributed by atoms with Gasteiger partial charge in [0, 0.05) is 23.8 Å². The number of aliphatic hydroxyl groups is 4. The summed E-state index contributed by atoms with van der Waals surface area (Å²) in [4.78, 5) is 39.3. The number of aryl methyl sites for hydroxylation is 1. The molecule has 0 unspecified atom stereocenters. The number of ether oxygens (including phenoxy) is 2. The summed E-state index contributed by atoms with van der Waals surface area (Å²) in [5, 5.41) is 42.7. The van der Waals surface area contributed by atoms with Crippen LogP contribution in [0.2, 0.25) is 0 Å². The minimum Gasteiger partial charge on any atom is -0.462 e. The molecule has 0 saturated carbocycles. The second-order valence-electron chi connectivity index (χ2n) is 9.79. The van der Waals surface area contributed by atoms with Crippen molar-refractivity contribution in [3.63, 3.8) is 0 Å². The molecule has 0 aliphatic carbocycles. The largest absolute Gasteiger partial charge is 0.462 e. The van der Waals surface area contributed by atoms with Gasteiger partial charge in [-0.05, 0) is 48.4 Å². The van der Waals surface area contributed by atoms with E-state index in [2.05, 4.69) is 20.8 Å². The van der Waals surface area contributed by atoms with E-state index < -0.39 is 48.6 Å². The van der Waals surface area contributed by atoms with E-state index in [1.165, 1.54) is 19.5 Å². The first-order valence-electron chi connectivity index (χ1n) is 13.4. The molecule has 1 saturated heterocycles. The average Bonchev–Trinajstić information content (AvgIpc) is 3.02. The van der Waals surface area contributed by atoms with Crippen molar-refractivity contribution in [3.05, 3.63) is 82.3 Å². The van der Waals surface area contributed by atoms with E-state index in [4.69, 9.17) is 14.3 Å². The van der Waals surface area contributed by atoms with E-state index in [9.17, 15) is 30.0 Å². The molecule has 0 spiro atoms. The van der Waals surface area contributed by atoms with Crippen molar-refractivity contribution in [2.75, 3.05) is 19.0 Å². The maximum atomic E-state index is 13.2. The molecule has 4 aromatic rings. The van der Waals surface area contributed by atoms with Gasteiger partial charge in [0.15, 0.2) is 5.65 Å². The van der Waals surface area contributed by atoms with E-state index in [1.54, 1.807) is 28.8 Å². The molecule has 2 aromatic carbocycles. The Morgan fingerprint density at radius 1 is 1.05 bits per heavy atom. The van der Waals surface area contributed by atoms with Crippen LogP contribution in [0, 0.1) is 0 Å². The number of aromatic nitrogens is 3. The quantitative estimate of drug-likeness (QED) is 0.148. The van der Waals surface area contributed by atoms with E-state index in [0.717, 1.165) is 12.0 Å². The third kappa shape index (κ3) is 6.19. The molecule has 0 radical (unpaired) electrons. The van der Waals surface area contributed by atoms with Gasteiger partial charge < -0.3 is 39.8 Å². The Morgan fingerprint density at radius 2 is 1.77 bits per heavy atom. The smallest absolute Gasteiger partial charge is 0.280 e. The number of carbonyl (C=O) groups is 1. The standard InChI is InChI=1S/C29H31N5O9/c1-3-15-4-8-17(9-5-15)34-13-20(27(40)33-41-2)22(36)19-12-30-29(32-26(19)34)31-16-6-10-18(11-7-16)42-28-25(39)24(38)23(37)21(14-35)43-28/h4-13,21,23-25,28,35,37-39H,3,14H2,1-2H3,(H,33,40)(H,30,31,32)/t21-,23-,24+,25+,28-/m1/s1. The van der Waals surface area contributed by atoms with Crippen LogP contribution in [0.3, 0.4) is 0 Å². The summed E-state index contributed by atoms with van der Waals surface area (Å²) in [5.74, 6) is -0.260. The second kappa shape index (κ2) is 12.8. The lowest BCUT2D eigenvalue weighted by molar-refractivity contribution is -0.277. The molecular formula is C29H31N5O9. The average molecular weight is 594 g/mol. The fourth-order valence-electron chi connectivity index (χ4n) is 4.61. The highest BCUT2D eigenvalue weighted by molar-refractivity contribution is 5.96. The van der Waals surface area contributed by atoms with Gasteiger partial charge in [-0.2, -0.15) is 4.98 Å². The fourth-order valence-corrected chi connectivity index (χ4v) is 4.61. The summed E-state index contributed by atoms with van der Waals surface area (Å²) in [7, 11) is 1.27. The highest BCUT2D eigenvalue weighted by Gasteiger charge is 2.44. The Morgan fingerprint density at radius 3 is 2.42 bits per heavy atom. The number of nitrogens with one attached hydrogen (secondary N) is 2. The summed E-state index contributed by atoms with van der Waals surface area (Å²) in [6.07, 6.45) is -3.43. The van der Waals surface area contributed by atoms with Crippen LogP contribution in [0.5, 0.6) is 5.75 Å². The topological polar surface area (TPSA) is 198 Å². The molecule has 43 heavy (non-hydrogen) atoms. The van der Waals surface area contributed by atoms with Crippen LogP contribution < -0.4 is 21.0 Å². The number of hydrogen-bond donors (Lipinski definition) is 6. The molecule has 3 heterocycles. The van der Waals surface area contributed by atoms with E-state index in [1.807, 2.05) is 31.2 Å². The lowest BCUT2D eigenvalue weighted by Gasteiger charge is -2.39. The van der Waals surface area contributed by atoms with Crippen LogP contribution in [0.1, 0.15) is 22.8 Å². The number of aliphatic hydroxyl groups excluding tert-OH is 4. The monoisotopic (exact) mass is 593 g/mol. The molecule has 0 bridgehead atoms. The molecule has 6 N–H and O–H groups in total. The van der Waals surface area contributed by atoms with Crippen LogP contribution in [0.25, 0.3) is 16.7 Å². The van der Waals surface area contributed by atoms with Crippen LogP contribution in [0.15, 0.2) is 65.7 Å². The maximum Gasteiger partial charge on any atom is 0.280 e. The summed E-state index contributed by atoms with van der Waals surface area (Å²) in [6.45, 7) is 1.47. The second-order valence-corrected chi connectivity index (χ2v) is 9.79. The number of benzene rings is 2. The minimum atomic E-state index is -1.56. The van der Waals surface area contributed by atoms with Crippen molar-refractivity contribution < 1.29 is 39.5 Å². The molecule has 226 valence electrons. The van der Waals surface area contributed by atoms with Gasteiger partial charge in [-0.15, -0.1) is 0 Å². The molecule has 14 nitrogen and oxygen atoms in total. The first-order chi connectivity index (χ1) is 20.7. The van der Waals surface area contributed by atoms with Crippen molar-refractivity contribution >= 4 is 28.6 Å². The van der Waals surface area contributed by atoms with Crippen molar-refractivity contribution in [1.82, 2.24) is 20.0 Å². The molecule has 1 aliphatic heterocycles.